The van der Waals surface area contributed by atoms with Gasteiger partial charge in [-0.3, -0.25) is 4.79 Å². The lowest BCUT2D eigenvalue weighted by Crippen LogP contribution is -1.86. The molecule has 0 rings (SSSR count). The van der Waals surface area contributed by atoms with Crippen LogP contribution >= 0.6 is 0 Å². The van der Waals surface area contributed by atoms with Crippen LogP contribution in [0.25, 0.3) is 0 Å². The lowest BCUT2D eigenvalue weighted by atomic mass is 10.1. The van der Waals surface area contributed by atoms with Gasteiger partial charge in [0.25, 0.3) is 0 Å². The van der Waals surface area contributed by atoms with Crippen LogP contribution in [0.1, 0.15) is 58.8 Å². The Morgan fingerprint density at radius 1 is 1.12 bits per heavy atom. The zero-order valence-corrected chi connectivity index (χ0v) is 10.3. The Labute approximate surface area is 97.1 Å². The summed E-state index contributed by atoms with van der Waals surface area (Å²) in [4.78, 5) is 23.1. The Balaban J connectivity index is 0. The molecule has 5 heteroatoms. The van der Waals surface area contributed by atoms with Crippen LogP contribution < -0.4 is 0 Å². The van der Waals surface area contributed by atoms with Crippen LogP contribution in [-0.2, 0) is 9.63 Å². The molecule has 0 saturated carbocycles. The van der Waals surface area contributed by atoms with E-state index in [1.165, 1.54) is 25.7 Å². The molecule has 0 aromatic carbocycles. The number of rotatable bonds is 9. The standard InChI is InChI=1S/C8H17NO2.C3H6O2/c1-2-3-4-5-6-7-8-11-9-10;1-2-3(4)5/h2-8H2,1H3;2H2,1H3,(H,4,5). The highest BCUT2D eigenvalue weighted by molar-refractivity contribution is 5.66. The third-order valence-electron chi connectivity index (χ3n) is 1.94. The van der Waals surface area contributed by atoms with Crippen LogP contribution in [0.4, 0.5) is 0 Å². The van der Waals surface area contributed by atoms with Crippen molar-refractivity contribution in [3.63, 3.8) is 0 Å². The van der Waals surface area contributed by atoms with Crippen LogP contribution in [0, 0.1) is 4.91 Å². The van der Waals surface area contributed by atoms with Crippen LogP contribution in [0.3, 0.4) is 0 Å². The molecule has 0 saturated heterocycles. The maximum absolute atomic E-state index is 9.47. The molecular formula is C11H23NO4. The Hall–Kier alpha value is -1.13. The molecule has 0 aromatic heterocycles. The zero-order chi connectivity index (χ0) is 12.6. The highest BCUT2D eigenvalue weighted by Crippen LogP contribution is 2.04. The number of carboxylic acid groups (broad SMARTS) is 1. The van der Waals surface area contributed by atoms with Gasteiger partial charge >= 0.3 is 5.97 Å². The topological polar surface area (TPSA) is 76.0 Å². The van der Waals surface area contributed by atoms with E-state index in [4.69, 9.17) is 5.11 Å². The molecule has 0 aliphatic heterocycles. The SMILES string of the molecule is CCC(=O)O.CCCCCCCCON=O. The van der Waals surface area contributed by atoms with Gasteiger partial charge in [-0.05, 0) is 12.8 Å². The number of aliphatic carboxylic acids is 1. The fraction of sp³-hybridized carbons (Fsp3) is 0.909. The van der Waals surface area contributed by atoms with Gasteiger partial charge in [0.2, 0.25) is 0 Å². The summed E-state index contributed by atoms with van der Waals surface area (Å²) in [5, 5.41) is 10.0. The predicted molar refractivity (Wildman–Crippen MR) is 63.0 cm³/mol. The first kappa shape index (κ1) is 17.3. The van der Waals surface area contributed by atoms with E-state index in [0.29, 0.717) is 6.61 Å². The van der Waals surface area contributed by atoms with Crippen molar-refractivity contribution in [1.82, 2.24) is 0 Å². The van der Waals surface area contributed by atoms with Crippen LogP contribution in [0.5, 0.6) is 0 Å². The molecule has 0 aliphatic carbocycles. The monoisotopic (exact) mass is 233 g/mol. The van der Waals surface area contributed by atoms with Crippen molar-refractivity contribution in [3.8, 4) is 0 Å². The summed E-state index contributed by atoms with van der Waals surface area (Å²) >= 11 is 0. The molecular weight excluding hydrogens is 210 g/mol. The van der Waals surface area contributed by atoms with Crippen LogP contribution in [-0.4, -0.2) is 17.7 Å². The van der Waals surface area contributed by atoms with Gasteiger partial charge in [-0.1, -0.05) is 39.5 Å². The summed E-state index contributed by atoms with van der Waals surface area (Å²) in [6.07, 6.45) is 7.45. The molecule has 0 bridgehead atoms. The van der Waals surface area contributed by atoms with E-state index >= 15 is 0 Å². The number of hydrogen-bond acceptors (Lipinski definition) is 4. The van der Waals surface area contributed by atoms with Crippen molar-refractivity contribution >= 4 is 5.97 Å². The van der Waals surface area contributed by atoms with Gasteiger partial charge in [-0.25, -0.2) is 0 Å². The van der Waals surface area contributed by atoms with E-state index in [9.17, 15) is 9.70 Å². The van der Waals surface area contributed by atoms with Crippen LogP contribution in [0.15, 0.2) is 5.34 Å². The highest BCUT2D eigenvalue weighted by Gasteiger charge is 1.89. The van der Waals surface area contributed by atoms with E-state index in [2.05, 4.69) is 17.1 Å². The number of carbonyl (C=O) groups is 1. The van der Waals surface area contributed by atoms with Gasteiger partial charge in [0.1, 0.15) is 6.61 Å². The van der Waals surface area contributed by atoms with E-state index in [1.807, 2.05) is 0 Å². The minimum absolute atomic E-state index is 0.222. The summed E-state index contributed by atoms with van der Waals surface area (Å²) in [5.41, 5.74) is 0. The smallest absolute Gasteiger partial charge is 0.303 e. The van der Waals surface area contributed by atoms with Gasteiger partial charge in [0.15, 0.2) is 5.34 Å². The van der Waals surface area contributed by atoms with Crippen molar-refractivity contribution in [3.05, 3.63) is 4.91 Å². The Morgan fingerprint density at radius 3 is 2.06 bits per heavy atom. The molecule has 96 valence electrons. The largest absolute Gasteiger partial charge is 0.481 e. The van der Waals surface area contributed by atoms with Crippen LogP contribution in [0.2, 0.25) is 0 Å². The second kappa shape index (κ2) is 16.3. The normalized spacial score (nSPS) is 8.88. The lowest BCUT2D eigenvalue weighted by molar-refractivity contribution is -0.136. The molecule has 0 aromatic rings. The van der Waals surface area contributed by atoms with Gasteiger partial charge in [-0.2, -0.15) is 0 Å². The average Bonchev–Trinajstić information content (AvgIpc) is 2.29. The van der Waals surface area contributed by atoms with Gasteiger partial charge in [0.05, 0.1) is 0 Å². The maximum Gasteiger partial charge on any atom is 0.303 e. The minimum atomic E-state index is -0.745. The molecule has 0 amide bonds. The third-order valence-corrected chi connectivity index (χ3v) is 1.94. The third kappa shape index (κ3) is 23.0. The zero-order valence-electron chi connectivity index (χ0n) is 10.3. The van der Waals surface area contributed by atoms with Gasteiger partial charge < -0.3 is 9.94 Å². The number of hydrogen-bond donors (Lipinski definition) is 1. The summed E-state index contributed by atoms with van der Waals surface area (Å²) in [5.74, 6) is -0.745. The van der Waals surface area contributed by atoms with E-state index in [0.717, 1.165) is 12.8 Å². The lowest BCUT2D eigenvalue weighted by Gasteiger charge is -1.97. The predicted octanol–water partition coefficient (Wildman–Crippen LogP) is 3.53. The van der Waals surface area contributed by atoms with Crippen molar-refractivity contribution in [1.29, 1.82) is 0 Å². The average molecular weight is 233 g/mol. The van der Waals surface area contributed by atoms with Crippen molar-refractivity contribution in [2.45, 2.75) is 58.8 Å². The van der Waals surface area contributed by atoms with E-state index < -0.39 is 5.97 Å². The fourth-order valence-electron chi connectivity index (χ4n) is 0.984. The van der Waals surface area contributed by atoms with Gasteiger partial charge in [0, 0.05) is 6.42 Å². The molecule has 0 aliphatic rings. The molecule has 0 radical (unpaired) electrons. The second-order valence-corrected chi connectivity index (χ2v) is 3.42. The number of carboxylic acids is 1. The first-order valence-corrected chi connectivity index (χ1v) is 5.85. The number of unbranched alkanes of at least 4 members (excludes halogenated alkanes) is 5. The summed E-state index contributed by atoms with van der Waals surface area (Å²) in [6, 6.07) is 0. The maximum atomic E-state index is 9.47. The molecule has 0 spiro atoms. The summed E-state index contributed by atoms with van der Waals surface area (Å²) in [6.45, 7) is 4.28. The first-order chi connectivity index (χ1) is 7.68. The molecule has 0 atom stereocenters. The minimum Gasteiger partial charge on any atom is -0.481 e. The molecule has 1 N–H and O–H groups in total. The van der Waals surface area contributed by atoms with Crippen molar-refractivity contribution in [2.24, 2.45) is 5.34 Å². The van der Waals surface area contributed by atoms with E-state index in [-0.39, 0.29) is 6.42 Å². The molecule has 5 nitrogen and oxygen atoms in total. The summed E-state index contributed by atoms with van der Waals surface area (Å²) in [7, 11) is 0. The fourth-order valence-corrected chi connectivity index (χ4v) is 0.984. The highest BCUT2D eigenvalue weighted by atomic mass is 16.7. The van der Waals surface area contributed by atoms with E-state index in [1.54, 1.807) is 6.92 Å². The summed E-state index contributed by atoms with van der Waals surface area (Å²) < 4.78 is 0. The quantitative estimate of drug-likeness (QED) is 0.375. The molecule has 0 fully saturated rings. The Morgan fingerprint density at radius 2 is 1.62 bits per heavy atom. The van der Waals surface area contributed by atoms with Gasteiger partial charge in [-0.15, -0.1) is 4.91 Å². The molecule has 0 unspecified atom stereocenters. The first-order valence-electron chi connectivity index (χ1n) is 5.85. The van der Waals surface area contributed by atoms with Crippen molar-refractivity contribution < 1.29 is 14.7 Å². The number of nitrogens with zero attached hydrogens (tertiary/aromatic N) is 1. The van der Waals surface area contributed by atoms with Crippen molar-refractivity contribution in [2.75, 3.05) is 6.61 Å². The molecule has 16 heavy (non-hydrogen) atoms. The Bertz CT molecular complexity index is 162. The Kier molecular flexibility index (Phi) is 17.6. The second-order valence-electron chi connectivity index (χ2n) is 3.42. The molecule has 0 heterocycles.